The molecule has 1 aliphatic rings. The maximum atomic E-state index is 12.5. The molecule has 154 valence electrons. The Hall–Kier alpha value is -2.66. The summed E-state index contributed by atoms with van der Waals surface area (Å²) in [6, 6.07) is 13.7. The van der Waals surface area contributed by atoms with E-state index in [9.17, 15) is 9.59 Å². The lowest BCUT2D eigenvalue weighted by molar-refractivity contribution is -0.118. The van der Waals surface area contributed by atoms with Gasteiger partial charge in [-0.05, 0) is 68.1 Å². The van der Waals surface area contributed by atoms with Crippen LogP contribution in [0.5, 0.6) is 5.75 Å². The molecule has 0 aromatic heterocycles. The number of aryl methyl sites for hydroxylation is 2. The van der Waals surface area contributed by atoms with E-state index in [1.165, 1.54) is 0 Å². The average Bonchev–Trinajstić information content (AvgIpc) is 2.73. The van der Waals surface area contributed by atoms with Crippen LogP contribution in [0.25, 0.3) is 0 Å². The van der Waals surface area contributed by atoms with Crippen molar-refractivity contribution in [2.75, 3.05) is 31.6 Å². The number of ether oxygens (including phenoxy) is 1. The van der Waals surface area contributed by atoms with E-state index < -0.39 is 0 Å². The zero-order valence-corrected chi connectivity index (χ0v) is 17.4. The van der Waals surface area contributed by atoms with E-state index in [0.29, 0.717) is 25.9 Å². The Bertz CT molecular complexity index is 863. The number of carbonyl (C=O) groups is 2. The second-order valence-electron chi connectivity index (χ2n) is 7.54. The van der Waals surface area contributed by atoms with Crippen molar-refractivity contribution in [2.24, 2.45) is 0 Å². The number of nitrogens with one attached hydrogen (secondary N) is 1. The lowest BCUT2D eigenvalue weighted by atomic mass is 9.96. The van der Waals surface area contributed by atoms with Crippen LogP contribution < -0.4 is 15.0 Å². The van der Waals surface area contributed by atoms with Crippen LogP contribution in [0.4, 0.5) is 5.69 Å². The Morgan fingerprint density at radius 1 is 1.10 bits per heavy atom. The molecule has 3 rings (SSSR count). The normalized spacial score (nSPS) is 13.3. The third-order valence-corrected chi connectivity index (χ3v) is 5.38. The van der Waals surface area contributed by atoms with Gasteiger partial charge in [0.25, 0.3) is 0 Å². The van der Waals surface area contributed by atoms with Crippen molar-refractivity contribution in [1.82, 2.24) is 5.32 Å². The zero-order chi connectivity index (χ0) is 20.6. The highest BCUT2D eigenvalue weighted by molar-refractivity contribution is 5.99. The smallest absolute Gasteiger partial charge is 0.227 e. The summed E-state index contributed by atoms with van der Waals surface area (Å²) < 4.78 is 5.76. The fourth-order valence-corrected chi connectivity index (χ4v) is 3.59. The molecule has 1 N–H and O–H groups in total. The number of rotatable bonds is 10. The van der Waals surface area contributed by atoms with Crippen LogP contribution in [0.3, 0.4) is 0 Å². The Morgan fingerprint density at radius 2 is 1.93 bits per heavy atom. The van der Waals surface area contributed by atoms with Gasteiger partial charge in [-0.25, -0.2) is 0 Å². The van der Waals surface area contributed by atoms with Crippen molar-refractivity contribution in [1.29, 1.82) is 0 Å². The molecule has 0 fully saturated rings. The Morgan fingerprint density at radius 3 is 2.76 bits per heavy atom. The average molecular weight is 395 g/mol. The summed E-state index contributed by atoms with van der Waals surface area (Å²) in [6.07, 6.45) is 3.60. The summed E-state index contributed by atoms with van der Waals surface area (Å²) in [5.74, 6) is 1.24. The van der Waals surface area contributed by atoms with Gasteiger partial charge in [-0.2, -0.15) is 0 Å². The van der Waals surface area contributed by atoms with Gasteiger partial charge >= 0.3 is 0 Å². The first-order chi connectivity index (χ1) is 14.1. The molecule has 29 heavy (non-hydrogen) atoms. The van der Waals surface area contributed by atoms with Crippen molar-refractivity contribution in [3.63, 3.8) is 0 Å². The number of fused-ring (bicyclic) bond motifs is 1. The number of hydrogen-bond acceptors (Lipinski definition) is 4. The maximum Gasteiger partial charge on any atom is 0.227 e. The van der Waals surface area contributed by atoms with Crippen LogP contribution >= 0.6 is 0 Å². The fraction of sp³-hybridized carbons (Fsp3) is 0.417. The standard InChI is InChI=1S/C24H30N2O3/c1-18-7-3-4-9-23(18)29-16-15-25-14-6-5-8-22(27)20-10-12-21-19(17-20)11-13-24(28)26(21)2/h3-4,7,9-10,12,17,25H,5-6,8,11,13-16H2,1-2H3. The number of hydrogen-bond donors (Lipinski definition) is 1. The summed E-state index contributed by atoms with van der Waals surface area (Å²) in [5, 5.41) is 3.36. The second kappa shape index (κ2) is 10.2. The summed E-state index contributed by atoms with van der Waals surface area (Å²) in [5.41, 5.74) is 3.92. The van der Waals surface area contributed by atoms with Crippen molar-refractivity contribution in [3.05, 3.63) is 59.2 Å². The second-order valence-corrected chi connectivity index (χ2v) is 7.54. The van der Waals surface area contributed by atoms with Gasteiger partial charge in [-0.3, -0.25) is 9.59 Å². The minimum Gasteiger partial charge on any atom is -0.492 e. The van der Waals surface area contributed by atoms with Gasteiger partial charge in [-0.1, -0.05) is 18.2 Å². The van der Waals surface area contributed by atoms with Crippen molar-refractivity contribution >= 4 is 17.4 Å². The summed E-state index contributed by atoms with van der Waals surface area (Å²) in [6.45, 7) is 4.34. The molecule has 5 nitrogen and oxygen atoms in total. The molecule has 5 heteroatoms. The minimum atomic E-state index is 0.133. The number of ketones is 1. The molecule has 0 spiro atoms. The van der Waals surface area contributed by atoms with Crippen LogP contribution in [0, 0.1) is 6.92 Å². The third kappa shape index (κ3) is 5.67. The molecule has 0 unspecified atom stereocenters. The predicted molar refractivity (Wildman–Crippen MR) is 116 cm³/mol. The number of benzene rings is 2. The molecule has 1 amide bonds. The third-order valence-electron chi connectivity index (χ3n) is 5.38. The van der Waals surface area contributed by atoms with Gasteiger partial charge in [-0.15, -0.1) is 0 Å². The molecular formula is C24H30N2O3. The van der Waals surface area contributed by atoms with E-state index in [1.54, 1.807) is 11.9 Å². The summed E-state index contributed by atoms with van der Waals surface area (Å²) in [7, 11) is 1.79. The fourth-order valence-electron chi connectivity index (χ4n) is 3.59. The number of para-hydroxylation sites is 1. The maximum absolute atomic E-state index is 12.5. The largest absolute Gasteiger partial charge is 0.492 e. The van der Waals surface area contributed by atoms with Gasteiger partial charge in [0.15, 0.2) is 5.78 Å². The van der Waals surface area contributed by atoms with E-state index >= 15 is 0 Å². The highest BCUT2D eigenvalue weighted by Crippen LogP contribution is 2.28. The Kier molecular flexibility index (Phi) is 7.42. The van der Waals surface area contributed by atoms with Crippen LogP contribution in [-0.4, -0.2) is 38.4 Å². The van der Waals surface area contributed by atoms with E-state index in [2.05, 4.69) is 5.32 Å². The van der Waals surface area contributed by atoms with Crippen molar-refractivity contribution in [2.45, 2.75) is 39.0 Å². The number of nitrogens with zero attached hydrogens (tertiary/aromatic N) is 1. The summed E-state index contributed by atoms with van der Waals surface area (Å²) >= 11 is 0. The lowest BCUT2D eigenvalue weighted by Gasteiger charge is -2.26. The molecular weight excluding hydrogens is 364 g/mol. The van der Waals surface area contributed by atoms with Crippen LogP contribution in [-0.2, 0) is 11.2 Å². The van der Waals surface area contributed by atoms with E-state index in [4.69, 9.17) is 4.74 Å². The van der Waals surface area contributed by atoms with Gasteiger partial charge in [0.05, 0.1) is 0 Å². The first kappa shape index (κ1) is 21.1. The Balaban J connectivity index is 1.32. The molecule has 0 bridgehead atoms. The first-order valence-electron chi connectivity index (χ1n) is 10.4. The predicted octanol–water partition coefficient (Wildman–Crippen LogP) is 3.93. The number of amides is 1. The quantitative estimate of drug-likeness (QED) is 0.490. The highest BCUT2D eigenvalue weighted by Gasteiger charge is 2.21. The molecule has 0 saturated carbocycles. The molecule has 0 atom stereocenters. The minimum absolute atomic E-state index is 0.133. The molecule has 0 aliphatic carbocycles. The van der Waals surface area contributed by atoms with E-state index in [1.807, 2.05) is 49.4 Å². The van der Waals surface area contributed by atoms with E-state index in [0.717, 1.165) is 54.1 Å². The van der Waals surface area contributed by atoms with Crippen LogP contribution in [0.15, 0.2) is 42.5 Å². The molecule has 0 radical (unpaired) electrons. The number of anilines is 1. The molecule has 2 aromatic rings. The molecule has 1 heterocycles. The van der Waals surface area contributed by atoms with Gasteiger partial charge in [0.2, 0.25) is 5.91 Å². The van der Waals surface area contributed by atoms with Gasteiger partial charge in [0.1, 0.15) is 12.4 Å². The van der Waals surface area contributed by atoms with Crippen molar-refractivity contribution < 1.29 is 14.3 Å². The molecule has 2 aromatic carbocycles. The number of unbranched alkanes of at least 4 members (excludes halogenated alkanes) is 1. The zero-order valence-electron chi connectivity index (χ0n) is 17.4. The SMILES string of the molecule is Cc1ccccc1OCCNCCCCC(=O)c1ccc2c(c1)CCC(=O)N2C. The topological polar surface area (TPSA) is 58.6 Å². The Labute approximate surface area is 173 Å². The van der Waals surface area contributed by atoms with Crippen LogP contribution in [0.2, 0.25) is 0 Å². The number of carbonyl (C=O) groups excluding carboxylic acids is 2. The van der Waals surface area contributed by atoms with E-state index in [-0.39, 0.29) is 11.7 Å². The van der Waals surface area contributed by atoms with Crippen molar-refractivity contribution in [3.8, 4) is 5.75 Å². The number of Topliss-reactive ketones (excluding diaryl/α,β-unsaturated/α-hetero) is 1. The summed E-state index contributed by atoms with van der Waals surface area (Å²) in [4.78, 5) is 25.9. The highest BCUT2D eigenvalue weighted by atomic mass is 16.5. The van der Waals surface area contributed by atoms with Crippen LogP contribution in [0.1, 0.15) is 47.2 Å². The lowest BCUT2D eigenvalue weighted by Crippen LogP contribution is -2.31. The monoisotopic (exact) mass is 394 g/mol. The first-order valence-corrected chi connectivity index (χ1v) is 10.4. The molecule has 1 aliphatic heterocycles. The molecule has 0 saturated heterocycles. The van der Waals surface area contributed by atoms with Gasteiger partial charge in [0, 0.05) is 37.7 Å². The van der Waals surface area contributed by atoms with Gasteiger partial charge < -0.3 is 15.0 Å².